The molecule has 2 nitrogen and oxygen atoms in total. The van der Waals surface area contributed by atoms with E-state index in [1.165, 1.54) is 19.1 Å². The van der Waals surface area contributed by atoms with Crippen molar-refractivity contribution >= 4 is 11.6 Å². The van der Waals surface area contributed by atoms with E-state index in [4.69, 9.17) is 0 Å². The van der Waals surface area contributed by atoms with Gasteiger partial charge in [0.15, 0.2) is 0 Å². The summed E-state index contributed by atoms with van der Waals surface area (Å²) in [5.41, 5.74) is -0.570. The zero-order chi connectivity index (χ0) is 13.2. The van der Waals surface area contributed by atoms with Crippen molar-refractivity contribution in [2.75, 3.05) is 5.32 Å². The fourth-order valence-electron chi connectivity index (χ4n) is 1.34. The number of hydrogen-bond donors (Lipinski definition) is 1. The first-order chi connectivity index (χ1) is 7.73. The Bertz CT molecular complexity index is 424. The lowest BCUT2D eigenvalue weighted by molar-refractivity contribution is -0.137. The van der Waals surface area contributed by atoms with Gasteiger partial charge in [-0.2, -0.15) is 13.2 Å². The number of benzene rings is 1. The van der Waals surface area contributed by atoms with Crippen LogP contribution in [-0.2, 0) is 11.0 Å². The second kappa shape index (κ2) is 4.77. The molecule has 17 heavy (non-hydrogen) atoms. The zero-order valence-electron chi connectivity index (χ0n) is 9.85. The number of alkyl halides is 3. The van der Waals surface area contributed by atoms with Crippen LogP contribution >= 0.6 is 0 Å². The van der Waals surface area contributed by atoms with Gasteiger partial charge in [0.2, 0.25) is 5.91 Å². The van der Waals surface area contributed by atoms with Crippen LogP contribution in [0, 0.1) is 12.8 Å². The quantitative estimate of drug-likeness (QED) is 0.847. The molecule has 0 heterocycles. The molecule has 0 saturated heterocycles. The summed E-state index contributed by atoms with van der Waals surface area (Å²) in [6.07, 6.45) is -4.47. The molecule has 0 fully saturated rings. The Morgan fingerprint density at radius 3 is 2.35 bits per heavy atom. The summed E-state index contributed by atoms with van der Waals surface area (Å²) in [6, 6.07) is 3.82. The lowest BCUT2D eigenvalue weighted by atomic mass is 10.1. The Balaban J connectivity index is 3.18. The molecule has 0 bridgehead atoms. The van der Waals surface area contributed by atoms with Crippen LogP contribution in [0.1, 0.15) is 25.0 Å². The highest BCUT2D eigenvalue weighted by atomic mass is 19.4. The largest absolute Gasteiger partial charge is 0.418 e. The maximum atomic E-state index is 12.7. The first kappa shape index (κ1) is 13.5. The van der Waals surface area contributed by atoms with Crippen molar-refractivity contribution in [2.45, 2.75) is 26.9 Å². The molecule has 0 unspecified atom stereocenters. The predicted molar refractivity (Wildman–Crippen MR) is 59.6 cm³/mol. The SMILES string of the molecule is Cc1cccc(C(F)(F)F)c1NC(=O)C(C)C. The van der Waals surface area contributed by atoms with Crippen LogP contribution in [-0.4, -0.2) is 5.91 Å². The van der Waals surface area contributed by atoms with Crippen molar-refractivity contribution in [3.63, 3.8) is 0 Å². The van der Waals surface area contributed by atoms with Gasteiger partial charge < -0.3 is 5.32 Å². The molecule has 0 aliphatic rings. The molecule has 1 amide bonds. The molecule has 0 aliphatic heterocycles. The number of nitrogens with one attached hydrogen (secondary N) is 1. The van der Waals surface area contributed by atoms with Gasteiger partial charge in [-0.05, 0) is 18.6 Å². The zero-order valence-corrected chi connectivity index (χ0v) is 9.85. The number of carbonyl (C=O) groups is 1. The van der Waals surface area contributed by atoms with Gasteiger partial charge in [-0.25, -0.2) is 0 Å². The smallest absolute Gasteiger partial charge is 0.325 e. The minimum atomic E-state index is -4.47. The van der Waals surface area contributed by atoms with Crippen LogP contribution in [0.3, 0.4) is 0 Å². The van der Waals surface area contributed by atoms with Crippen molar-refractivity contribution in [1.82, 2.24) is 0 Å². The Morgan fingerprint density at radius 1 is 1.29 bits per heavy atom. The van der Waals surface area contributed by atoms with Crippen molar-refractivity contribution in [3.8, 4) is 0 Å². The van der Waals surface area contributed by atoms with E-state index in [1.54, 1.807) is 13.8 Å². The first-order valence-electron chi connectivity index (χ1n) is 5.21. The summed E-state index contributed by atoms with van der Waals surface area (Å²) in [5.74, 6) is -0.791. The van der Waals surface area contributed by atoms with E-state index in [2.05, 4.69) is 5.32 Å². The standard InChI is InChI=1S/C12H14F3NO/c1-7(2)11(17)16-10-8(3)5-4-6-9(10)12(13,14)15/h4-7H,1-3H3,(H,16,17). The van der Waals surface area contributed by atoms with Gasteiger partial charge in [0.05, 0.1) is 11.3 Å². The summed E-state index contributed by atoms with van der Waals surface area (Å²) < 4.78 is 38.2. The van der Waals surface area contributed by atoms with Crippen LogP contribution in [0.5, 0.6) is 0 Å². The van der Waals surface area contributed by atoms with Crippen molar-refractivity contribution < 1.29 is 18.0 Å². The van der Waals surface area contributed by atoms with Gasteiger partial charge in [-0.1, -0.05) is 26.0 Å². The number of anilines is 1. The molecule has 0 aliphatic carbocycles. The molecule has 0 spiro atoms. The molecule has 0 saturated carbocycles. The van der Waals surface area contributed by atoms with Gasteiger partial charge in [0, 0.05) is 5.92 Å². The van der Waals surface area contributed by atoms with Gasteiger partial charge in [-0.15, -0.1) is 0 Å². The molecule has 0 atom stereocenters. The molecule has 0 radical (unpaired) electrons. The van der Waals surface area contributed by atoms with E-state index < -0.39 is 17.6 Å². The molecular weight excluding hydrogens is 231 g/mol. The van der Waals surface area contributed by atoms with Crippen LogP contribution < -0.4 is 5.32 Å². The Morgan fingerprint density at radius 2 is 1.88 bits per heavy atom. The van der Waals surface area contributed by atoms with Gasteiger partial charge in [-0.3, -0.25) is 4.79 Å². The highest BCUT2D eigenvalue weighted by Crippen LogP contribution is 2.36. The van der Waals surface area contributed by atoms with Gasteiger partial charge in [0.25, 0.3) is 0 Å². The summed E-state index contributed by atoms with van der Waals surface area (Å²) in [4.78, 5) is 11.5. The molecular formula is C12H14F3NO. The average Bonchev–Trinajstić information content (AvgIpc) is 2.18. The molecule has 0 aromatic heterocycles. The van der Waals surface area contributed by atoms with E-state index >= 15 is 0 Å². The van der Waals surface area contributed by atoms with Gasteiger partial charge in [0.1, 0.15) is 0 Å². The number of carbonyl (C=O) groups excluding carboxylic acids is 1. The van der Waals surface area contributed by atoms with Crippen LogP contribution in [0.4, 0.5) is 18.9 Å². The minimum Gasteiger partial charge on any atom is -0.325 e. The number of halogens is 3. The minimum absolute atomic E-state index is 0.154. The summed E-state index contributed by atoms with van der Waals surface area (Å²) in [7, 11) is 0. The highest BCUT2D eigenvalue weighted by molar-refractivity contribution is 5.93. The molecule has 1 N–H and O–H groups in total. The molecule has 94 valence electrons. The maximum Gasteiger partial charge on any atom is 0.418 e. The van der Waals surface area contributed by atoms with Crippen molar-refractivity contribution in [3.05, 3.63) is 29.3 Å². The molecule has 1 rings (SSSR count). The normalized spacial score (nSPS) is 11.7. The van der Waals surface area contributed by atoms with E-state index in [9.17, 15) is 18.0 Å². The molecule has 5 heteroatoms. The summed E-state index contributed by atoms with van der Waals surface area (Å²) in [5, 5.41) is 2.33. The summed E-state index contributed by atoms with van der Waals surface area (Å²) >= 11 is 0. The lowest BCUT2D eigenvalue weighted by Gasteiger charge is -2.17. The fraction of sp³-hybridized carbons (Fsp3) is 0.417. The first-order valence-corrected chi connectivity index (χ1v) is 5.21. The van der Waals surface area contributed by atoms with Crippen molar-refractivity contribution in [1.29, 1.82) is 0 Å². The second-order valence-corrected chi connectivity index (χ2v) is 4.14. The van der Waals surface area contributed by atoms with E-state index in [0.717, 1.165) is 6.07 Å². The fourth-order valence-corrected chi connectivity index (χ4v) is 1.34. The summed E-state index contributed by atoms with van der Waals surface area (Å²) in [6.45, 7) is 4.78. The number of amides is 1. The van der Waals surface area contributed by atoms with Crippen LogP contribution in [0.2, 0.25) is 0 Å². The molecule has 1 aromatic rings. The monoisotopic (exact) mass is 245 g/mol. The van der Waals surface area contributed by atoms with Crippen LogP contribution in [0.25, 0.3) is 0 Å². The number of aryl methyl sites for hydroxylation is 1. The van der Waals surface area contributed by atoms with E-state index in [0.29, 0.717) is 5.56 Å². The second-order valence-electron chi connectivity index (χ2n) is 4.14. The Hall–Kier alpha value is -1.52. The third-order valence-electron chi connectivity index (χ3n) is 2.35. The number of hydrogen-bond acceptors (Lipinski definition) is 1. The predicted octanol–water partition coefficient (Wildman–Crippen LogP) is 3.61. The highest BCUT2D eigenvalue weighted by Gasteiger charge is 2.34. The van der Waals surface area contributed by atoms with Crippen molar-refractivity contribution in [2.24, 2.45) is 5.92 Å². The van der Waals surface area contributed by atoms with Gasteiger partial charge >= 0.3 is 6.18 Å². The molecule has 1 aromatic carbocycles. The van der Waals surface area contributed by atoms with E-state index in [1.807, 2.05) is 0 Å². The third kappa shape index (κ3) is 3.22. The lowest BCUT2D eigenvalue weighted by Crippen LogP contribution is -2.21. The van der Waals surface area contributed by atoms with E-state index in [-0.39, 0.29) is 11.6 Å². The third-order valence-corrected chi connectivity index (χ3v) is 2.35. The average molecular weight is 245 g/mol. The maximum absolute atomic E-state index is 12.7. The number of rotatable bonds is 2. The number of para-hydroxylation sites is 1. The Kier molecular flexibility index (Phi) is 3.80. The Labute approximate surface area is 97.8 Å². The topological polar surface area (TPSA) is 29.1 Å². The van der Waals surface area contributed by atoms with Crippen LogP contribution in [0.15, 0.2) is 18.2 Å².